The molecule has 0 bridgehead atoms. The lowest BCUT2D eigenvalue weighted by atomic mass is 9.79. The molecule has 2 heterocycles. The van der Waals surface area contributed by atoms with Crippen LogP contribution < -0.4 is 5.32 Å². The lowest BCUT2D eigenvalue weighted by molar-refractivity contribution is 0.0135. The van der Waals surface area contributed by atoms with Crippen LogP contribution in [0.5, 0.6) is 0 Å². The maximum atomic E-state index is 5.55. The molecule has 25 heavy (non-hydrogen) atoms. The van der Waals surface area contributed by atoms with Gasteiger partial charge in [-0.2, -0.15) is 4.98 Å². The standard InChI is InChI=1S/C19H26N4O.ClH/c1-3-7-16(8-4-1)13-17-21-18(24-22-17)14-23-12-11-20-15-19(23)9-5-2-6-10-19;/h1,3-4,7-8,20H,2,5-6,9-15H2;1H. The van der Waals surface area contributed by atoms with Gasteiger partial charge >= 0.3 is 0 Å². The molecule has 2 aliphatic rings. The third-order valence-corrected chi connectivity index (χ3v) is 5.51. The van der Waals surface area contributed by atoms with E-state index in [9.17, 15) is 0 Å². The van der Waals surface area contributed by atoms with Crippen LogP contribution in [0.1, 0.15) is 49.4 Å². The van der Waals surface area contributed by atoms with Crippen LogP contribution in [-0.2, 0) is 13.0 Å². The second kappa shape index (κ2) is 8.30. The van der Waals surface area contributed by atoms with Crippen molar-refractivity contribution >= 4 is 12.4 Å². The minimum Gasteiger partial charge on any atom is -0.338 e. The van der Waals surface area contributed by atoms with Crippen molar-refractivity contribution in [2.45, 2.75) is 50.6 Å². The van der Waals surface area contributed by atoms with E-state index in [4.69, 9.17) is 4.52 Å². The molecule has 1 aromatic carbocycles. The number of nitrogens with one attached hydrogen (secondary N) is 1. The van der Waals surface area contributed by atoms with E-state index in [1.54, 1.807) is 0 Å². The Morgan fingerprint density at radius 1 is 1.12 bits per heavy atom. The molecule has 1 saturated carbocycles. The zero-order valence-electron chi connectivity index (χ0n) is 14.6. The van der Waals surface area contributed by atoms with Crippen LogP contribution >= 0.6 is 12.4 Å². The number of halogens is 1. The van der Waals surface area contributed by atoms with E-state index >= 15 is 0 Å². The van der Waals surface area contributed by atoms with E-state index in [0.717, 1.165) is 44.3 Å². The Bertz CT molecular complexity index is 646. The van der Waals surface area contributed by atoms with Crippen molar-refractivity contribution in [2.75, 3.05) is 19.6 Å². The average Bonchev–Trinajstić information content (AvgIpc) is 3.06. The number of aromatic nitrogens is 2. The number of rotatable bonds is 4. The van der Waals surface area contributed by atoms with Gasteiger partial charge < -0.3 is 9.84 Å². The highest BCUT2D eigenvalue weighted by molar-refractivity contribution is 5.85. The summed E-state index contributed by atoms with van der Waals surface area (Å²) in [6.07, 6.45) is 7.34. The molecule has 0 radical (unpaired) electrons. The van der Waals surface area contributed by atoms with E-state index in [1.165, 1.54) is 37.7 Å². The lowest BCUT2D eigenvalue weighted by Gasteiger charge is -2.49. The van der Waals surface area contributed by atoms with Gasteiger partial charge in [0.1, 0.15) is 0 Å². The average molecular weight is 363 g/mol. The van der Waals surface area contributed by atoms with Gasteiger partial charge in [-0.25, -0.2) is 0 Å². The summed E-state index contributed by atoms with van der Waals surface area (Å²) in [6, 6.07) is 10.3. The summed E-state index contributed by atoms with van der Waals surface area (Å²) in [4.78, 5) is 7.22. The first-order chi connectivity index (χ1) is 11.8. The molecule has 0 unspecified atom stereocenters. The molecule has 136 valence electrons. The van der Waals surface area contributed by atoms with Gasteiger partial charge in [0.25, 0.3) is 0 Å². The summed E-state index contributed by atoms with van der Waals surface area (Å²) >= 11 is 0. The number of benzene rings is 1. The maximum absolute atomic E-state index is 5.55. The van der Waals surface area contributed by atoms with Crippen LogP contribution in [0, 0.1) is 0 Å². The fraction of sp³-hybridized carbons (Fsp3) is 0.579. The molecule has 0 amide bonds. The summed E-state index contributed by atoms with van der Waals surface area (Å²) in [5.74, 6) is 1.54. The lowest BCUT2D eigenvalue weighted by Crippen LogP contribution is -2.61. The Labute approximate surface area is 155 Å². The molecular formula is C19H27ClN4O. The molecule has 1 saturated heterocycles. The Morgan fingerprint density at radius 3 is 2.72 bits per heavy atom. The highest BCUT2D eigenvalue weighted by Gasteiger charge is 2.40. The second-order valence-corrected chi connectivity index (χ2v) is 7.15. The Hall–Kier alpha value is -1.43. The minimum absolute atomic E-state index is 0. The third kappa shape index (κ3) is 4.22. The van der Waals surface area contributed by atoms with E-state index in [-0.39, 0.29) is 12.4 Å². The van der Waals surface area contributed by atoms with Gasteiger partial charge in [-0.05, 0) is 18.4 Å². The van der Waals surface area contributed by atoms with Crippen molar-refractivity contribution in [2.24, 2.45) is 0 Å². The first-order valence-electron chi connectivity index (χ1n) is 9.15. The van der Waals surface area contributed by atoms with Crippen LogP contribution in [-0.4, -0.2) is 40.2 Å². The molecule has 1 aliphatic carbocycles. The van der Waals surface area contributed by atoms with Crippen molar-refractivity contribution in [3.8, 4) is 0 Å². The first kappa shape index (κ1) is 18.4. The van der Waals surface area contributed by atoms with Crippen LogP contribution in [0.3, 0.4) is 0 Å². The minimum atomic E-state index is 0. The summed E-state index contributed by atoms with van der Waals surface area (Å²) in [7, 11) is 0. The van der Waals surface area contributed by atoms with Crippen LogP contribution in [0.15, 0.2) is 34.9 Å². The predicted molar refractivity (Wildman–Crippen MR) is 99.9 cm³/mol. The zero-order valence-corrected chi connectivity index (χ0v) is 15.4. The number of hydrogen-bond donors (Lipinski definition) is 1. The molecule has 5 nitrogen and oxygen atoms in total. The first-order valence-corrected chi connectivity index (χ1v) is 9.15. The van der Waals surface area contributed by atoms with Gasteiger partial charge in [-0.3, -0.25) is 4.90 Å². The van der Waals surface area contributed by atoms with E-state index < -0.39 is 0 Å². The van der Waals surface area contributed by atoms with Crippen molar-refractivity contribution < 1.29 is 4.52 Å². The van der Waals surface area contributed by atoms with Gasteiger partial charge in [0.2, 0.25) is 5.89 Å². The largest absolute Gasteiger partial charge is 0.338 e. The number of hydrogen-bond acceptors (Lipinski definition) is 5. The van der Waals surface area contributed by atoms with Gasteiger partial charge in [0.05, 0.1) is 6.54 Å². The van der Waals surface area contributed by atoms with Crippen LogP contribution in [0.4, 0.5) is 0 Å². The molecule has 0 atom stereocenters. The SMILES string of the molecule is Cl.c1ccc(Cc2noc(CN3CCNCC34CCCCC4)n2)cc1. The third-order valence-electron chi connectivity index (χ3n) is 5.51. The number of nitrogens with zero attached hydrogens (tertiary/aromatic N) is 3. The summed E-state index contributed by atoms with van der Waals surface area (Å²) in [5.41, 5.74) is 1.51. The highest BCUT2D eigenvalue weighted by Crippen LogP contribution is 2.35. The predicted octanol–water partition coefficient (Wildman–Crippen LogP) is 3.19. The molecular weight excluding hydrogens is 336 g/mol. The molecule has 1 spiro atoms. The smallest absolute Gasteiger partial charge is 0.240 e. The summed E-state index contributed by atoms with van der Waals surface area (Å²) < 4.78 is 5.55. The van der Waals surface area contributed by atoms with Crippen molar-refractivity contribution in [1.82, 2.24) is 20.4 Å². The van der Waals surface area contributed by atoms with E-state index in [2.05, 4.69) is 32.5 Å². The maximum Gasteiger partial charge on any atom is 0.240 e. The fourth-order valence-corrected chi connectivity index (χ4v) is 4.20. The van der Waals surface area contributed by atoms with Crippen molar-refractivity contribution in [3.05, 3.63) is 47.6 Å². The molecule has 1 aromatic heterocycles. The summed E-state index contributed by atoms with van der Waals surface area (Å²) in [6.45, 7) is 3.99. The Morgan fingerprint density at radius 2 is 1.92 bits per heavy atom. The monoisotopic (exact) mass is 362 g/mol. The van der Waals surface area contributed by atoms with Crippen molar-refractivity contribution in [3.63, 3.8) is 0 Å². The quantitative estimate of drug-likeness (QED) is 0.905. The fourth-order valence-electron chi connectivity index (χ4n) is 4.20. The summed E-state index contributed by atoms with van der Waals surface area (Å²) in [5, 5.41) is 7.77. The van der Waals surface area contributed by atoms with Gasteiger partial charge in [-0.1, -0.05) is 54.8 Å². The molecule has 6 heteroatoms. The van der Waals surface area contributed by atoms with Gasteiger partial charge in [0.15, 0.2) is 5.82 Å². The second-order valence-electron chi connectivity index (χ2n) is 7.15. The van der Waals surface area contributed by atoms with Gasteiger partial charge in [0, 0.05) is 31.6 Å². The van der Waals surface area contributed by atoms with Crippen molar-refractivity contribution in [1.29, 1.82) is 0 Å². The normalized spacial score (nSPS) is 20.3. The molecule has 1 aliphatic heterocycles. The number of piperazine rings is 1. The zero-order chi connectivity index (χ0) is 16.2. The van der Waals surface area contributed by atoms with Crippen LogP contribution in [0.25, 0.3) is 0 Å². The van der Waals surface area contributed by atoms with Crippen LogP contribution in [0.2, 0.25) is 0 Å². The molecule has 2 fully saturated rings. The topological polar surface area (TPSA) is 54.2 Å². The Balaban J connectivity index is 0.00000182. The Kier molecular flexibility index (Phi) is 6.10. The van der Waals surface area contributed by atoms with Gasteiger partial charge in [-0.15, -0.1) is 12.4 Å². The molecule has 4 rings (SSSR count). The molecule has 1 N–H and O–H groups in total. The highest BCUT2D eigenvalue weighted by atomic mass is 35.5. The van der Waals surface area contributed by atoms with E-state index in [1.807, 2.05) is 18.2 Å². The van der Waals surface area contributed by atoms with E-state index in [0.29, 0.717) is 5.54 Å². The molecule has 2 aromatic rings.